The summed E-state index contributed by atoms with van der Waals surface area (Å²) in [6.45, 7) is 3.78. The molecule has 3 rings (SSSR count). The van der Waals surface area contributed by atoms with Gasteiger partial charge in [-0.05, 0) is 30.0 Å². The van der Waals surface area contributed by atoms with Crippen LogP contribution in [0.15, 0.2) is 42.5 Å². The number of aliphatic hydroxyl groups excluding tert-OH is 1. The van der Waals surface area contributed by atoms with E-state index < -0.39 is 11.6 Å². The van der Waals surface area contributed by atoms with Crippen molar-refractivity contribution in [2.75, 3.05) is 13.1 Å². The first-order valence-electron chi connectivity index (χ1n) is 8.73. The second-order valence-electron chi connectivity index (χ2n) is 6.66. The summed E-state index contributed by atoms with van der Waals surface area (Å²) in [6, 6.07) is 12.0. The monoisotopic (exact) mass is 346 g/mol. The third kappa shape index (κ3) is 5.33. The van der Waals surface area contributed by atoms with Gasteiger partial charge in [0.25, 0.3) is 0 Å². The molecule has 25 heavy (non-hydrogen) atoms. The average Bonchev–Trinajstić information content (AvgIpc) is 2.60. The highest BCUT2D eigenvalue weighted by atomic mass is 19.1. The Labute approximate surface area is 147 Å². The lowest BCUT2D eigenvalue weighted by atomic mass is 10.1. The van der Waals surface area contributed by atoms with Crippen LogP contribution in [0.3, 0.4) is 0 Å². The highest BCUT2D eigenvalue weighted by Crippen LogP contribution is 2.14. The molecule has 0 aliphatic carbocycles. The fraction of sp³-hybridized carbons (Fsp3) is 0.400. The third-order valence-corrected chi connectivity index (χ3v) is 4.65. The van der Waals surface area contributed by atoms with Gasteiger partial charge in [0, 0.05) is 44.4 Å². The highest BCUT2D eigenvalue weighted by Gasteiger charge is 2.16. The van der Waals surface area contributed by atoms with Gasteiger partial charge in [-0.1, -0.05) is 30.3 Å². The van der Waals surface area contributed by atoms with Gasteiger partial charge in [0.2, 0.25) is 0 Å². The van der Waals surface area contributed by atoms with Crippen molar-refractivity contribution in [3.8, 4) is 0 Å². The van der Waals surface area contributed by atoms with E-state index in [2.05, 4.69) is 34.5 Å². The number of nitrogens with one attached hydrogen (secondary N) is 1. The van der Waals surface area contributed by atoms with Gasteiger partial charge in [-0.15, -0.1) is 0 Å². The molecule has 0 atom stereocenters. The number of aliphatic hydroxyl groups is 1. The molecule has 0 aromatic heterocycles. The lowest BCUT2D eigenvalue weighted by Crippen LogP contribution is -2.35. The maximum atomic E-state index is 13.6. The van der Waals surface area contributed by atoms with Crippen LogP contribution in [0.1, 0.15) is 29.5 Å². The lowest BCUT2D eigenvalue weighted by molar-refractivity contribution is 0.0792. The Bertz CT molecular complexity index is 683. The van der Waals surface area contributed by atoms with Crippen molar-refractivity contribution in [2.45, 2.75) is 38.6 Å². The topological polar surface area (TPSA) is 35.5 Å². The standard InChI is InChI=1S/C20H24F2N2O/c21-18-6-5-17(20(22)11-18)13-23-12-15-1-3-16(4-2-15)14-24-9-7-19(25)8-10-24/h1-6,11,19,23,25H,7-10,12-14H2. The van der Waals surface area contributed by atoms with Crippen LogP contribution in [0.4, 0.5) is 8.78 Å². The van der Waals surface area contributed by atoms with E-state index in [1.54, 1.807) is 0 Å². The molecule has 0 unspecified atom stereocenters. The van der Waals surface area contributed by atoms with E-state index in [0.29, 0.717) is 18.7 Å². The fourth-order valence-corrected chi connectivity index (χ4v) is 3.10. The van der Waals surface area contributed by atoms with Crippen molar-refractivity contribution in [2.24, 2.45) is 0 Å². The maximum Gasteiger partial charge on any atom is 0.130 e. The number of halogens is 2. The molecule has 0 radical (unpaired) electrons. The molecular formula is C20H24F2N2O. The Morgan fingerprint density at radius 1 is 0.960 bits per heavy atom. The molecule has 1 fully saturated rings. The summed E-state index contributed by atoms with van der Waals surface area (Å²) < 4.78 is 26.5. The number of hydrogen-bond donors (Lipinski definition) is 2. The van der Waals surface area contributed by atoms with Crippen molar-refractivity contribution in [3.05, 3.63) is 70.8 Å². The first-order valence-corrected chi connectivity index (χ1v) is 8.73. The van der Waals surface area contributed by atoms with Crippen LogP contribution in [-0.2, 0) is 19.6 Å². The second kappa shape index (κ2) is 8.52. The summed E-state index contributed by atoms with van der Waals surface area (Å²) in [4.78, 5) is 2.36. The molecule has 1 saturated heterocycles. The van der Waals surface area contributed by atoms with E-state index in [0.717, 1.165) is 44.1 Å². The number of hydrogen-bond acceptors (Lipinski definition) is 3. The van der Waals surface area contributed by atoms with Crippen LogP contribution >= 0.6 is 0 Å². The van der Waals surface area contributed by atoms with Crippen LogP contribution in [0.5, 0.6) is 0 Å². The van der Waals surface area contributed by atoms with Crippen LogP contribution < -0.4 is 5.32 Å². The van der Waals surface area contributed by atoms with Crippen LogP contribution in [0.25, 0.3) is 0 Å². The maximum absolute atomic E-state index is 13.6. The predicted molar refractivity (Wildman–Crippen MR) is 93.9 cm³/mol. The molecule has 1 heterocycles. The van der Waals surface area contributed by atoms with Gasteiger partial charge in [0.1, 0.15) is 11.6 Å². The Hall–Kier alpha value is -1.82. The molecule has 134 valence electrons. The van der Waals surface area contributed by atoms with Gasteiger partial charge >= 0.3 is 0 Å². The van der Waals surface area contributed by atoms with E-state index in [-0.39, 0.29) is 6.10 Å². The SMILES string of the molecule is OC1CCN(Cc2ccc(CNCc3ccc(F)cc3F)cc2)CC1. The number of piperidine rings is 1. The van der Waals surface area contributed by atoms with E-state index in [9.17, 15) is 13.9 Å². The predicted octanol–water partition coefficient (Wildman–Crippen LogP) is 3.21. The Morgan fingerprint density at radius 2 is 1.64 bits per heavy atom. The van der Waals surface area contributed by atoms with E-state index >= 15 is 0 Å². The zero-order valence-corrected chi connectivity index (χ0v) is 14.2. The largest absolute Gasteiger partial charge is 0.393 e. The normalized spacial score (nSPS) is 16.3. The Morgan fingerprint density at radius 3 is 2.32 bits per heavy atom. The summed E-state index contributed by atoms with van der Waals surface area (Å²) in [5.74, 6) is -1.07. The molecule has 2 aromatic carbocycles. The number of benzene rings is 2. The molecule has 1 aliphatic rings. The zero-order valence-electron chi connectivity index (χ0n) is 14.2. The minimum absolute atomic E-state index is 0.143. The summed E-state index contributed by atoms with van der Waals surface area (Å²) in [5, 5.41) is 12.7. The molecule has 0 spiro atoms. The number of nitrogens with zero attached hydrogens (tertiary/aromatic N) is 1. The van der Waals surface area contributed by atoms with Gasteiger partial charge < -0.3 is 10.4 Å². The minimum Gasteiger partial charge on any atom is -0.393 e. The first-order chi connectivity index (χ1) is 12.1. The summed E-state index contributed by atoms with van der Waals surface area (Å²) >= 11 is 0. The zero-order chi connectivity index (χ0) is 17.6. The Balaban J connectivity index is 1.46. The molecule has 0 amide bonds. The summed E-state index contributed by atoms with van der Waals surface area (Å²) in [7, 11) is 0. The molecule has 2 N–H and O–H groups in total. The fourth-order valence-electron chi connectivity index (χ4n) is 3.10. The number of likely N-dealkylation sites (tertiary alicyclic amines) is 1. The van der Waals surface area contributed by atoms with Crippen molar-refractivity contribution in [3.63, 3.8) is 0 Å². The molecule has 5 heteroatoms. The van der Waals surface area contributed by atoms with Crippen LogP contribution in [0, 0.1) is 11.6 Å². The smallest absolute Gasteiger partial charge is 0.130 e. The van der Waals surface area contributed by atoms with Gasteiger partial charge in [-0.3, -0.25) is 4.90 Å². The van der Waals surface area contributed by atoms with Crippen molar-refractivity contribution in [1.82, 2.24) is 10.2 Å². The van der Waals surface area contributed by atoms with Crippen LogP contribution in [-0.4, -0.2) is 29.2 Å². The van der Waals surface area contributed by atoms with Gasteiger partial charge in [-0.2, -0.15) is 0 Å². The van der Waals surface area contributed by atoms with E-state index in [1.165, 1.54) is 17.7 Å². The van der Waals surface area contributed by atoms with Gasteiger partial charge in [0.05, 0.1) is 6.10 Å². The lowest BCUT2D eigenvalue weighted by Gasteiger charge is -2.29. The average molecular weight is 346 g/mol. The Kier molecular flexibility index (Phi) is 6.13. The van der Waals surface area contributed by atoms with Crippen molar-refractivity contribution >= 4 is 0 Å². The molecule has 1 aliphatic heterocycles. The summed E-state index contributed by atoms with van der Waals surface area (Å²) in [5.41, 5.74) is 2.84. The molecule has 0 saturated carbocycles. The van der Waals surface area contributed by atoms with E-state index in [4.69, 9.17) is 0 Å². The van der Waals surface area contributed by atoms with Crippen LogP contribution in [0.2, 0.25) is 0 Å². The minimum atomic E-state index is -0.556. The number of rotatable bonds is 6. The van der Waals surface area contributed by atoms with Gasteiger partial charge in [-0.25, -0.2) is 8.78 Å². The van der Waals surface area contributed by atoms with Crippen molar-refractivity contribution in [1.29, 1.82) is 0 Å². The quantitative estimate of drug-likeness (QED) is 0.843. The first kappa shape index (κ1) is 18.0. The molecule has 3 nitrogen and oxygen atoms in total. The molecular weight excluding hydrogens is 322 g/mol. The van der Waals surface area contributed by atoms with Gasteiger partial charge in [0.15, 0.2) is 0 Å². The second-order valence-corrected chi connectivity index (χ2v) is 6.66. The highest BCUT2D eigenvalue weighted by molar-refractivity contribution is 5.23. The summed E-state index contributed by atoms with van der Waals surface area (Å²) in [6.07, 6.45) is 1.56. The molecule has 2 aromatic rings. The van der Waals surface area contributed by atoms with Crippen molar-refractivity contribution < 1.29 is 13.9 Å². The third-order valence-electron chi connectivity index (χ3n) is 4.65. The van der Waals surface area contributed by atoms with E-state index in [1.807, 2.05) is 0 Å². The molecule has 0 bridgehead atoms.